The van der Waals surface area contributed by atoms with Gasteiger partial charge < -0.3 is 0 Å². The third-order valence-corrected chi connectivity index (χ3v) is 6.02. The molecular weight excluding hydrogens is 285 g/mol. The predicted octanol–water partition coefficient (Wildman–Crippen LogP) is 6.72. The molecule has 0 bridgehead atoms. The van der Waals surface area contributed by atoms with Gasteiger partial charge in [-0.3, -0.25) is 0 Å². The molecule has 0 N–H and O–H groups in total. The largest absolute Gasteiger partial charge is 0.196 e. The van der Waals surface area contributed by atoms with Gasteiger partial charge in [-0.05, 0) is 94.0 Å². The van der Waals surface area contributed by atoms with Crippen molar-refractivity contribution in [1.29, 1.82) is 5.26 Å². The lowest BCUT2D eigenvalue weighted by Gasteiger charge is -2.28. The first-order chi connectivity index (χ1) is 11.2. The summed E-state index contributed by atoms with van der Waals surface area (Å²) in [7, 11) is 0. The Morgan fingerprint density at radius 3 is 1.96 bits per heavy atom. The molecule has 23 heavy (non-hydrogen) atoms. The topological polar surface area (TPSA) is 23.8 Å². The second-order valence-corrected chi connectivity index (χ2v) is 7.60. The number of rotatable bonds is 6. The molecule has 2 aliphatic rings. The van der Waals surface area contributed by atoms with E-state index in [1.165, 1.54) is 63.9 Å². The van der Waals surface area contributed by atoms with Gasteiger partial charge in [-0.1, -0.05) is 25.5 Å². The second-order valence-electron chi connectivity index (χ2n) is 7.60. The maximum absolute atomic E-state index is 12.8. The van der Waals surface area contributed by atoms with E-state index in [1.54, 1.807) is 6.07 Å². The summed E-state index contributed by atoms with van der Waals surface area (Å²) >= 11 is 0. The van der Waals surface area contributed by atoms with Crippen molar-refractivity contribution < 1.29 is 4.39 Å². The summed E-state index contributed by atoms with van der Waals surface area (Å²) in [6.45, 7) is 2.32. The van der Waals surface area contributed by atoms with E-state index in [0.717, 1.165) is 30.1 Å². The number of allylic oxidation sites excluding steroid dienone is 4. The van der Waals surface area contributed by atoms with Gasteiger partial charge >= 0.3 is 0 Å². The van der Waals surface area contributed by atoms with E-state index >= 15 is 0 Å². The molecule has 1 nitrogen and oxygen atoms in total. The Bertz CT molecular complexity index is 429. The standard InChI is InChI=1S/C21H32FN/c1-2-17-6-8-19(9-7-17)14-15-20-12-10-18(11-13-20)4-3-5-21(22)16-23/h5,14-15,17-20H,2-4,6-13H2,1H3/b15-14+,21-5-. The lowest BCUT2D eigenvalue weighted by atomic mass is 9.78. The molecule has 0 aromatic carbocycles. The van der Waals surface area contributed by atoms with E-state index in [2.05, 4.69) is 19.1 Å². The van der Waals surface area contributed by atoms with E-state index in [0.29, 0.717) is 6.42 Å². The molecular formula is C21H32FN. The smallest absolute Gasteiger partial charge is 0.195 e. The Morgan fingerprint density at radius 2 is 1.48 bits per heavy atom. The van der Waals surface area contributed by atoms with E-state index in [9.17, 15) is 4.39 Å². The second kappa shape index (κ2) is 9.91. The molecule has 128 valence electrons. The first-order valence-corrected chi connectivity index (χ1v) is 9.65. The van der Waals surface area contributed by atoms with E-state index < -0.39 is 5.83 Å². The summed E-state index contributed by atoms with van der Waals surface area (Å²) in [6, 6.07) is 1.55. The average molecular weight is 317 g/mol. The van der Waals surface area contributed by atoms with Crippen LogP contribution in [0.25, 0.3) is 0 Å². The van der Waals surface area contributed by atoms with Crippen molar-refractivity contribution in [2.24, 2.45) is 23.7 Å². The maximum Gasteiger partial charge on any atom is 0.196 e. The van der Waals surface area contributed by atoms with E-state index in [-0.39, 0.29) is 0 Å². The Hall–Kier alpha value is -1.10. The maximum atomic E-state index is 12.8. The average Bonchev–Trinajstić information content (AvgIpc) is 2.61. The van der Waals surface area contributed by atoms with Gasteiger partial charge in [-0.25, -0.2) is 0 Å². The van der Waals surface area contributed by atoms with Crippen LogP contribution >= 0.6 is 0 Å². The fourth-order valence-corrected chi connectivity index (χ4v) is 4.26. The van der Waals surface area contributed by atoms with Crippen molar-refractivity contribution in [2.45, 2.75) is 77.6 Å². The van der Waals surface area contributed by atoms with Gasteiger partial charge in [0.25, 0.3) is 0 Å². The number of nitrogens with zero attached hydrogens (tertiary/aromatic N) is 1. The summed E-state index contributed by atoms with van der Waals surface area (Å²) in [5.74, 6) is 2.67. The van der Waals surface area contributed by atoms with Crippen LogP contribution in [0.2, 0.25) is 0 Å². The van der Waals surface area contributed by atoms with Gasteiger partial charge in [0.05, 0.1) is 0 Å². The Morgan fingerprint density at radius 1 is 0.957 bits per heavy atom. The monoisotopic (exact) mass is 317 g/mol. The van der Waals surface area contributed by atoms with Crippen molar-refractivity contribution in [3.63, 3.8) is 0 Å². The molecule has 0 heterocycles. The molecule has 0 atom stereocenters. The molecule has 0 spiro atoms. The molecule has 2 rings (SSSR count). The molecule has 0 aromatic heterocycles. The van der Waals surface area contributed by atoms with Crippen molar-refractivity contribution in [3.05, 3.63) is 24.1 Å². The van der Waals surface area contributed by atoms with Crippen LogP contribution in [0.15, 0.2) is 24.1 Å². The molecule has 0 unspecified atom stereocenters. The van der Waals surface area contributed by atoms with Gasteiger partial charge in [0.2, 0.25) is 0 Å². The highest BCUT2D eigenvalue weighted by Crippen LogP contribution is 2.35. The van der Waals surface area contributed by atoms with E-state index in [1.807, 2.05) is 0 Å². The third kappa shape index (κ3) is 6.50. The molecule has 0 aromatic rings. The van der Waals surface area contributed by atoms with Crippen LogP contribution in [-0.2, 0) is 0 Å². The van der Waals surface area contributed by atoms with Gasteiger partial charge in [-0.2, -0.15) is 9.65 Å². The van der Waals surface area contributed by atoms with Crippen LogP contribution in [0.3, 0.4) is 0 Å². The first-order valence-electron chi connectivity index (χ1n) is 9.65. The van der Waals surface area contributed by atoms with Crippen LogP contribution in [-0.4, -0.2) is 0 Å². The molecule has 0 saturated heterocycles. The fourth-order valence-electron chi connectivity index (χ4n) is 4.26. The Kier molecular flexibility index (Phi) is 7.86. The molecule has 0 aliphatic heterocycles. The minimum atomic E-state index is -0.626. The highest BCUT2D eigenvalue weighted by molar-refractivity contribution is 5.11. The summed E-state index contributed by atoms with van der Waals surface area (Å²) in [5.41, 5.74) is 0. The SMILES string of the molecule is CCC1CCC(/C=C/C2CCC(CC/C=C(\F)C#N)CC2)CC1. The predicted molar refractivity (Wildman–Crippen MR) is 94.4 cm³/mol. The van der Waals surface area contributed by atoms with Gasteiger partial charge in [0.1, 0.15) is 6.07 Å². The quantitative estimate of drug-likeness (QED) is 0.394. The molecule has 2 heteroatoms. The summed E-state index contributed by atoms with van der Waals surface area (Å²) in [6.07, 6.45) is 20.3. The number of nitriles is 1. The fraction of sp³-hybridized carbons (Fsp3) is 0.762. The lowest BCUT2D eigenvalue weighted by molar-refractivity contribution is 0.289. The Labute approximate surface area is 141 Å². The van der Waals surface area contributed by atoms with Crippen molar-refractivity contribution >= 4 is 0 Å². The van der Waals surface area contributed by atoms with Crippen molar-refractivity contribution in [1.82, 2.24) is 0 Å². The zero-order chi connectivity index (χ0) is 16.5. The highest BCUT2D eigenvalue weighted by atomic mass is 19.1. The highest BCUT2D eigenvalue weighted by Gasteiger charge is 2.21. The minimum absolute atomic E-state index is 0.626. The molecule has 2 saturated carbocycles. The molecule has 0 radical (unpaired) electrons. The number of hydrogen-bond donors (Lipinski definition) is 0. The third-order valence-electron chi connectivity index (χ3n) is 6.02. The molecule has 2 aliphatic carbocycles. The van der Waals surface area contributed by atoms with Gasteiger partial charge in [-0.15, -0.1) is 0 Å². The van der Waals surface area contributed by atoms with Crippen LogP contribution in [0.4, 0.5) is 4.39 Å². The van der Waals surface area contributed by atoms with Gasteiger partial charge in [0, 0.05) is 0 Å². The Balaban J connectivity index is 1.63. The molecule has 0 amide bonds. The minimum Gasteiger partial charge on any atom is -0.195 e. The van der Waals surface area contributed by atoms with E-state index in [4.69, 9.17) is 5.26 Å². The van der Waals surface area contributed by atoms with Gasteiger partial charge in [0.15, 0.2) is 5.83 Å². The zero-order valence-corrected chi connectivity index (χ0v) is 14.6. The normalized spacial score (nSPS) is 32.8. The lowest BCUT2D eigenvalue weighted by Crippen LogP contribution is -2.14. The number of hydrogen-bond acceptors (Lipinski definition) is 1. The summed E-state index contributed by atoms with van der Waals surface area (Å²) < 4.78 is 12.8. The zero-order valence-electron chi connectivity index (χ0n) is 14.6. The summed E-state index contributed by atoms with van der Waals surface area (Å²) in [4.78, 5) is 0. The van der Waals surface area contributed by atoms with Crippen molar-refractivity contribution in [2.75, 3.05) is 0 Å². The molecule has 2 fully saturated rings. The van der Waals surface area contributed by atoms with Crippen LogP contribution in [0.1, 0.15) is 77.6 Å². The summed E-state index contributed by atoms with van der Waals surface area (Å²) in [5, 5.41) is 8.40. The van der Waals surface area contributed by atoms with Crippen molar-refractivity contribution in [3.8, 4) is 6.07 Å². The van der Waals surface area contributed by atoms with Crippen LogP contribution < -0.4 is 0 Å². The number of halogens is 1. The van der Waals surface area contributed by atoms with Crippen LogP contribution in [0.5, 0.6) is 0 Å². The first kappa shape index (κ1) is 18.2. The van der Waals surface area contributed by atoms with Crippen LogP contribution in [0, 0.1) is 35.0 Å².